The summed E-state index contributed by atoms with van der Waals surface area (Å²) in [4.78, 5) is 11.4. The first kappa shape index (κ1) is 11.7. The van der Waals surface area contributed by atoms with Crippen LogP contribution in [0.4, 0.5) is 11.4 Å². The molecule has 0 saturated heterocycles. The quantitative estimate of drug-likeness (QED) is 0.631. The minimum absolute atomic E-state index is 0.0854. The van der Waals surface area contributed by atoms with Gasteiger partial charge >= 0.3 is 0 Å². The Balaban J connectivity index is 1.91. The number of aromatic amines is 1. The van der Waals surface area contributed by atoms with E-state index in [0.29, 0.717) is 16.5 Å². The van der Waals surface area contributed by atoms with Gasteiger partial charge in [-0.05, 0) is 35.4 Å². The fraction of sp³-hybridized carbons (Fsp3) is 0. The van der Waals surface area contributed by atoms with Crippen molar-refractivity contribution in [3.63, 3.8) is 0 Å². The van der Waals surface area contributed by atoms with Crippen molar-refractivity contribution < 1.29 is 0 Å². The summed E-state index contributed by atoms with van der Waals surface area (Å²) in [5, 5.41) is 13.5. The number of nitrogens with one attached hydrogen (secondary N) is 2. The highest BCUT2D eigenvalue weighted by Crippen LogP contribution is 2.36. The number of fused-ring (bicyclic) bond motifs is 2. The number of H-pyrrole nitrogens is 1. The molecule has 0 aliphatic carbocycles. The summed E-state index contributed by atoms with van der Waals surface area (Å²) in [5.41, 5.74) is 11.7. The van der Waals surface area contributed by atoms with Gasteiger partial charge < -0.3 is 21.1 Å². The standard InChI is InChI=1S/C14H11N6O/c15-14-18-11-2-1-8(7-12(11)20(21)19-14)9-3-5-16-13-10(9)4-6-17-13/h1-7H,(H,16,17)(H3,15,18,19)/q-1. The number of hydrazine groups is 1. The van der Waals surface area contributed by atoms with Crippen LogP contribution in [-0.2, 0) is 0 Å². The van der Waals surface area contributed by atoms with E-state index in [1.54, 1.807) is 18.3 Å². The predicted octanol–water partition coefficient (Wildman–Crippen LogP) is 2.00. The molecule has 4 rings (SSSR count). The van der Waals surface area contributed by atoms with Gasteiger partial charge in [0.15, 0.2) is 0 Å². The maximum Gasteiger partial charge on any atom is 0.212 e. The zero-order valence-corrected chi connectivity index (χ0v) is 10.9. The largest absolute Gasteiger partial charge is 0.739 e. The number of rotatable bonds is 1. The molecule has 0 spiro atoms. The Morgan fingerprint density at radius 2 is 2.10 bits per heavy atom. The summed E-state index contributed by atoms with van der Waals surface area (Å²) in [7, 11) is 0. The number of pyridine rings is 1. The second-order valence-corrected chi connectivity index (χ2v) is 4.71. The van der Waals surface area contributed by atoms with Gasteiger partial charge in [-0.15, -0.1) is 0 Å². The number of guanidine groups is 1. The van der Waals surface area contributed by atoms with E-state index in [9.17, 15) is 5.21 Å². The number of hydrogen-bond donors (Lipinski definition) is 3. The maximum atomic E-state index is 11.9. The fourth-order valence-electron chi connectivity index (χ4n) is 2.48. The molecule has 104 valence electrons. The van der Waals surface area contributed by atoms with Crippen LogP contribution in [0.15, 0.2) is 47.7 Å². The summed E-state index contributed by atoms with van der Waals surface area (Å²) < 4.78 is 0. The molecule has 3 heterocycles. The van der Waals surface area contributed by atoms with Crippen LogP contribution in [-0.4, -0.2) is 15.9 Å². The van der Waals surface area contributed by atoms with Crippen molar-refractivity contribution in [2.24, 2.45) is 10.7 Å². The number of benzene rings is 1. The second kappa shape index (κ2) is 4.22. The van der Waals surface area contributed by atoms with Crippen LogP contribution in [0.1, 0.15) is 0 Å². The van der Waals surface area contributed by atoms with Crippen LogP contribution in [0.5, 0.6) is 0 Å². The van der Waals surface area contributed by atoms with Crippen LogP contribution in [0.25, 0.3) is 22.2 Å². The van der Waals surface area contributed by atoms with Crippen molar-refractivity contribution in [3.05, 3.63) is 47.9 Å². The fourth-order valence-corrected chi connectivity index (χ4v) is 2.48. The third-order valence-electron chi connectivity index (χ3n) is 3.42. The Morgan fingerprint density at radius 3 is 3.00 bits per heavy atom. The summed E-state index contributed by atoms with van der Waals surface area (Å²) in [6.07, 6.45) is 3.57. The van der Waals surface area contributed by atoms with Gasteiger partial charge in [0.1, 0.15) is 5.65 Å². The molecule has 0 saturated carbocycles. The lowest BCUT2D eigenvalue weighted by atomic mass is 10.0. The predicted molar refractivity (Wildman–Crippen MR) is 81.8 cm³/mol. The molecule has 0 atom stereocenters. The molecule has 1 aliphatic rings. The number of hydrogen-bond acceptors (Lipinski definition) is 6. The minimum atomic E-state index is 0.0854. The van der Waals surface area contributed by atoms with Gasteiger partial charge in [-0.3, -0.25) is 5.43 Å². The first-order valence-electron chi connectivity index (χ1n) is 6.37. The van der Waals surface area contributed by atoms with Gasteiger partial charge in [-0.1, -0.05) is 6.07 Å². The van der Waals surface area contributed by atoms with Crippen molar-refractivity contribution in [2.45, 2.75) is 0 Å². The highest BCUT2D eigenvalue weighted by Gasteiger charge is 2.13. The molecule has 0 amide bonds. The molecule has 3 aromatic rings. The van der Waals surface area contributed by atoms with Crippen LogP contribution in [0, 0.1) is 5.21 Å². The molecule has 2 aromatic heterocycles. The van der Waals surface area contributed by atoms with E-state index in [-0.39, 0.29) is 5.96 Å². The molecular weight excluding hydrogens is 268 g/mol. The third-order valence-corrected chi connectivity index (χ3v) is 3.42. The van der Waals surface area contributed by atoms with Crippen molar-refractivity contribution in [2.75, 3.05) is 5.17 Å². The second-order valence-electron chi connectivity index (χ2n) is 4.71. The zero-order valence-electron chi connectivity index (χ0n) is 10.9. The smallest absolute Gasteiger partial charge is 0.212 e. The summed E-state index contributed by atoms with van der Waals surface area (Å²) in [6, 6.07) is 9.35. The van der Waals surface area contributed by atoms with E-state index in [1.165, 1.54) is 0 Å². The Morgan fingerprint density at radius 1 is 1.19 bits per heavy atom. The number of nitrogens with two attached hydrogens (primary N) is 1. The number of anilines is 1. The summed E-state index contributed by atoms with van der Waals surface area (Å²) >= 11 is 0. The van der Waals surface area contributed by atoms with E-state index in [0.717, 1.165) is 22.2 Å². The SMILES string of the molecule is NC1=Nc2ccc(-c3ccnc4[nH]ccc34)cc2N([O-])N1. The molecule has 1 aromatic carbocycles. The summed E-state index contributed by atoms with van der Waals surface area (Å²) in [6.45, 7) is 0. The van der Waals surface area contributed by atoms with E-state index >= 15 is 0 Å². The topological polar surface area (TPSA) is 105 Å². The lowest BCUT2D eigenvalue weighted by Gasteiger charge is -2.35. The van der Waals surface area contributed by atoms with E-state index in [4.69, 9.17) is 5.73 Å². The van der Waals surface area contributed by atoms with Crippen LogP contribution >= 0.6 is 0 Å². The number of aromatic nitrogens is 2. The first-order valence-corrected chi connectivity index (χ1v) is 6.37. The highest BCUT2D eigenvalue weighted by atomic mass is 16.5. The zero-order chi connectivity index (χ0) is 14.4. The highest BCUT2D eigenvalue weighted by molar-refractivity contribution is 5.96. The molecular formula is C14H11N6O-. The Bertz CT molecular complexity index is 869. The van der Waals surface area contributed by atoms with Gasteiger partial charge in [0, 0.05) is 17.8 Å². The average molecular weight is 279 g/mol. The van der Waals surface area contributed by atoms with Crippen LogP contribution in [0.3, 0.4) is 0 Å². The third kappa shape index (κ3) is 1.79. The number of aliphatic imine (C=N–C) groups is 1. The van der Waals surface area contributed by atoms with Gasteiger partial charge in [-0.25, -0.2) is 9.98 Å². The monoisotopic (exact) mass is 279 g/mol. The molecule has 21 heavy (non-hydrogen) atoms. The van der Waals surface area contributed by atoms with Gasteiger partial charge in [0.2, 0.25) is 5.96 Å². The average Bonchev–Trinajstić information content (AvgIpc) is 2.95. The molecule has 0 radical (unpaired) electrons. The van der Waals surface area contributed by atoms with Crippen molar-refractivity contribution in [1.29, 1.82) is 0 Å². The van der Waals surface area contributed by atoms with Crippen molar-refractivity contribution in [3.8, 4) is 11.1 Å². The van der Waals surface area contributed by atoms with Crippen LogP contribution < -0.4 is 16.3 Å². The first-order chi connectivity index (χ1) is 10.2. The van der Waals surface area contributed by atoms with E-state index in [1.807, 2.05) is 24.4 Å². The van der Waals surface area contributed by atoms with Gasteiger partial charge in [-0.2, -0.15) is 0 Å². The number of nitrogens with zero attached hydrogens (tertiary/aromatic N) is 3. The minimum Gasteiger partial charge on any atom is -0.739 e. The molecule has 4 N–H and O–H groups in total. The molecule has 0 fully saturated rings. The van der Waals surface area contributed by atoms with Crippen LogP contribution in [0.2, 0.25) is 0 Å². The lowest BCUT2D eigenvalue weighted by Crippen LogP contribution is -2.44. The molecule has 7 nitrogen and oxygen atoms in total. The molecule has 1 aliphatic heterocycles. The van der Waals surface area contributed by atoms with Gasteiger partial charge in [0.05, 0.1) is 11.4 Å². The summed E-state index contributed by atoms with van der Waals surface area (Å²) in [5.74, 6) is 0.0854. The normalized spacial score (nSPS) is 13.8. The van der Waals surface area contributed by atoms with Crippen molar-refractivity contribution in [1.82, 2.24) is 15.4 Å². The van der Waals surface area contributed by atoms with Crippen molar-refractivity contribution >= 4 is 28.4 Å². The lowest BCUT2D eigenvalue weighted by molar-refractivity contribution is 0.900. The molecule has 7 heteroatoms. The van der Waals surface area contributed by atoms with E-state index < -0.39 is 0 Å². The van der Waals surface area contributed by atoms with Gasteiger partial charge in [0.25, 0.3) is 0 Å². The molecule has 0 unspecified atom stereocenters. The Kier molecular flexibility index (Phi) is 2.36. The Hall–Kier alpha value is -3.06. The Labute approximate surface area is 119 Å². The maximum absolute atomic E-state index is 11.9. The molecule has 0 bridgehead atoms. The van der Waals surface area contributed by atoms with E-state index in [2.05, 4.69) is 20.4 Å².